The number of nitrogens with zero attached hydrogens (tertiary/aromatic N) is 2. The molecular weight excluding hydrogens is 266 g/mol. The molecule has 1 aromatic heterocycles. The van der Waals surface area contributed by atoms with Crippen LogP contribution in [0.3, 0.4) is 0 Å². The zero-order chi connectivity index (χ0) is 15.2. The Morgan fingerprint density at radius 1 is 1.24 bits per heavy atom. The highest BCUT2D eigenvalue weighted by atomic mass is 16.5. The van der Waals surface area contributed by atoms with Crippen molar-refractivity contribution in [1.29, 1.82) is 0 Å². The molecule has 2 rings (SSSR count). The molecular formula is C16H21N3O2. The van der Waals surface area contributed by atoms with Crippen molar-refractivity contribution in [3.8, 4) is 5.75 Å². The van der Waals surface area contributed by atoms with Gasteiger partial charge in [0.25, 0.3) is 5.91 Å². The minimum absolute atomic E-state index is 0.0279. The van der Waals surface area contributed by atoms with E-state index in [2.05, 4.69) is 17.3 Å². The lowest BCUT2D eigenvalue weighted by Crippen LogP contribution is -2.32. The Bertz CT molecular complexity index is 605. The first-order valence-electron chi connectivity index (χ1n) is 7.03. The van der Waals surface area contributed by atoms with E-state index in [1.165, 1.54) is 5.56 Å². The standard InChI is InChI=1S/C16H21N3O2/c1-12-13(2)18-19(14(12)3)10-9-17-16(20)11-21-15-7-5-4-6-8-15/h4-8H,9-11H2,1-3H3,(H,17,20). The summed E-state index contributed by atoms with van der Waals surface area (Å²) < 4.78 is 7.30. The Morgan fingerprint density at radius 2 is 1.95 bits per heavy atom. The Labute approximate surface area is 124 Å². The monoisotopic (exact) mass is 287 g/mol. The molecule has 0 aliphatic carbocycles. The fraction of sp³-hybridized carbons (Fsp3) is 0.375. The van der Waals surface area contributed by atoms with E-state index in [0.717, 1.165) is 11.4 Å². The van der Waals surface area contributed by atoms with Gasteiger partial charge in [-0.15, -0.1) is 0 Å². The van der Waals surface area contributed by atoms with Crippen molar-refractivity contribution in [3.63, 3.8) is 0 Å². The largest absolute Gasteiger partial charge is 0.484 e. The summed E-state index contributed by atoms with van der Waals surface area (Å²) in [4.78, 5) is 11.7. The third-order valence-corrected chi connectivity index (χ3v) is 3.50. The predicted octanol–water partition coefficient (Wildman–Crippen LogP) is 2.00. The van der Waals surface area contributed by atoms with E-state index >= 15 is 0 Å². The summed E-state index contributed by atoms with van der Waals surface area (Å²) in [5.74, 6) is 0.568. The van der Waals surface area contributed by atoms with Crippen molar-refractivity contribution in [2.75, 3.05) is 13.2 Å². The summed E-state index contributed by atoms with van der Waals surface area (Å²) in [5, 5.41) is 7.27. The van der Waals surface area contributed by atoms with Crippen LogP contribution < -0.4 is 10.1 Å². The van der Waals surface area contributed by atoms with Gasteiger partial charge in [0.05, 0.1) is 12.2 Å². The minimum Gasteiger partial charge on any atom is -0.484 e. The van der Waals surface area contributed by atoms with Gasteiger partial charge in [-0.05, 0) is 38.5 Å². The number of benzene rings is 1. The summed E-state index contributed by atoms with van der Waals surface area (Å²) in [6.45, 7) is 7.32. The number of rotatable bonds is 6. The van der Waals surface area contributed by atoms with Gasteiger partial charge in [0.1, 0.15) is 5.75 Å². The molecule has 21 heavy (non-hydrogen) atoms. The fourth-order valence-electron chi connectivity index (χ4n) is 2.02. The van der Waals surface area contributed by atoms with Gasteiger partial charge in [-0.3, -0.25) is 9.48 Å². The van der Waals surface area contributed by atoms with E-state index in [9.17, 15) is 4.79 Å². The van der Waals surface area contributed by atoms with E-state index in [4.69, 9.17) is 4.74 Å². The van der Waals surface area contributed by atoms with E-state index < -0.39 is 0 Å². The van der Waals surface area contributed by atoms with Gasteiger partial charge in [-0.25, -0.2) is 0 Å². The molecule has 2 aromatic rings. The lowest BCUT2D eigenvalue weighted by molar-refractivity contribution is -0.123. The molecule has 1 heterocycles. The summed E-state index contributed by atoms with van der Waals surface area (Å²) >= 11 is 0. The molecule has 0 spiro atoms. The Kier molecular flexibility index (Phi) is 4.98. The van der Waals surface area contributed by atoms with Crippen LogP contribution >= 0.6 is 0 Å². The second kappa shape index (κ2) is 6.92. The Hall–Kier alpha value is -2.30. The Morgan fingerprint density at radius 3 is 2.57 bits per heavy atom. The van der Waals surface area contributed by atoms with Gasteiger partial charge in [-0.1, -0.05) is 18.2 Å². The molecule has 5 nitrogen and oxygen atoms in total. The highest BCUT2D eigenvalue weighted by Crippen LogP contribution is 2.10. The lowest BCUT2D eigenvalue weighted by Gasteiger charge is -2.08. The molecule has 0 fully saturated rings. The average molecular weight is 287 g/mol. The molecule has 0 atom stereocenters. The lowest BCUT2D eigenvalue weighted by atomic mass is 10.2. The van der Waals surface area contributed by atoms with E-state index in [-0.39, 0.29) is 12.5 Å². The first-order valence-corrected chi connectivity index (χ1v) is 7.03. The van der Waals surface area contributed by atoms with Crippen LogP contribution in [0.2, 0.25) is 0 Å². The molecule has 5 heteroatoms. The number of nitrogens with one attached hydrogen (secondary N) is 1. The topological polar surface area (TPSA) is 56.2 Å². The smallest absolute Gasteiger partial charge is 0.258 e. The molecule has 0 bridgehead atoms. The number of carbonyl (C=O) groups is 1. The second-order valence-electron chi connectivity index (χ2n) is 4.97. The first-order chi connectivity index (χ1) is 10.1. The zero-order valence-electron chi connectivity index (χ0n) is 12.7. The van der Waals surface area contributed by atoms with Crippen molar-refractivity contribution >= 4 is 5.91 Å². The van der Waals surface area contributed by atoms with Gasteiger partial charge in [-0.2, -0.15) is 5.10 Å². The number of carbonyl (C=O) groups excluding carboxylic acids is 1. The van der Waals surface area contributed by atoms with Crippen LogP contribution in [-0.4, -0.2) is 28.8 Å². The predicted molar refractivity (Wildman–Crippen MR) is 81.4 cm³/mol. The number of hydrogen-bond acceptors (Lipinski definition) is 3. The summed E-state index contributed by atoms with van der Waals surface area (Å²) in [5.41, 5.74) is 3.38. The zero-order valence-corrected chi connectivity index (χ0v) is 12.7. The molecule has 0 unspecified atom stereocenters. The molecule has 1 amide bonds. The molecule has 1 N–H and O–H groups in total. The number of ether oxygens (including phenoxy) is 1. The van der Waals surface area contributed by atoms with Crippen molar-refractivity contribution < 1.29 is 9.53 Å². The maximum atomic E-state index is 11.7. The molecule has 0 saturated carbocycles. The SMILES string of the molecule is Cc1nn(CCNC(=O)COc2ccccc2)c(C)c1C. The maximum absolute atomic E-state index is 11.7. The third-order valence-electron chi connectivity index (χ3n) is 3.50. The molecule has 0 saturated heterocycles. The Balaban J connectivity index is 1.73. The third kappa shape index (κ3) is 4.08. The summed E-state index contributed by atoms with van der Waals surface area (Å²) in [6.07, 6.45) is 0. The first kappa shape index (κ1) is 15.1. The van der Waals surface area contributed by atoms with Gasteiger partial charge >= 0.3 is 0 Å². The molecule has 0 aliphatic heterocycles. The normalized spacial score (nSPS) is 10.4. The van der Waals surface area contributed by atoms with Gasteiger partial charge in [0.2, 0.25) is 0 Å². The molecule has 1 aromatic carbocycles. The number of aryl methyl sites for hydroxylation is 1. The highest BCUT2D eigenvalue weighted by molar-refractivity contribution is 5.77. The number of amides is 1. The number of para-hydroxylation sites is 1. The quantitative estimate of drug-likeness (QED) is 0.884. The van der Waals surface area contributed by atoms with Crippen molar-refractivity contribution in [2.45, 2.75) is 27.3 Å². The summed E-state index contributed by atoms with van der Waals surface area (Å²) in [6, 6.07) is 9.30. The number of hydrogen-bond donors (Lipinski definition) is 1. The van der Waals surface area contributed by atoms with Crippen molar-refractivity contribution in [1.82, 2.24) is 15.1 Å². The summed E-state index contributed by atoms with van der Waals surface area (Å²) in [7, 11) is 0. The van der Waals surface area contributed by atoms with Crippen molar-refractivity contribution in [2.24, 2.45) is 0 Å². The molecule has 112 valence electrons. The average Bonchev–Trinajstić information content (AvgIpc) is 2.74. The van der Waals surface area contributed by atoms with Crippen LogP contribution in [0.4, 0.5) is 0 Å². The van der Waals surface area contributed by atoms with E-state index in [0.29, 0.717) is 18.8 Å². The van der Waals surface area contributed by atoms with Crippen LogP contribution in [0.15, 0.2) is 30.3 Å². The molecule has 0 aliphatic rings. The maximum Gasteiger partial charge on any atom is 0.258 e. The van der Waals surface area contributed by atoms with Crippen LogP contribution in [-0.2, 0) is 11.3 Å². The van der Waals surface area contributed by atoms with E-state index in [1.807, 2.05) is 48.9 Å². The van der Waals surface area contributed by atoms with Crippen LogP contribution in [0.5, 0.6) is 5.75 Å². The van der Waals surface area contributed by atoms with Gasteiger partial charge < -0.3 is 10.1 Å². The van der Waals surface area contributed by atoms with Crippen molar-refractivity contribution in [3.05, 3.63) is 47.3 Å². The van der Waals surface area contributed by atoms with Gasteiger partial charge in [0.15, 0.2) is 6.61 Å². The minimum atomic E-state index is -0.128. The van der Waals surface area contributed by atoms with Crippen LogP contribution in [0, 0.1) is 20.8 Å². The van der Waals surface area contributed by atoms with Crippen LogP contribution in [0.1, 0.15) is 17.0 Å². The molecule has 0 radical (unpaired) electrons. The second-order valence-corrected chi connectivity index (χ2v) is 4.97. The number of aromatic nitrogens is 2. The highest BCUT2D eigenvalue weighted by Gasteiger charge is 2.07. The van der Waals surface area contributed by atoms with Gasteiger partial charge in [0, 0.05) is 12.2 Å². The fourth-order valence-corrected chi connectivity index (χ4v) is 2.02. The van der Waals surface area contributed by atoms with Crippen LogP contribution in [0.25, 0.3) is 0 Å². The van der Waals surface area contributed by atoms with E-state index in [1.54, 1.807) is 0 Å².